The molecule has 1 atom stereocenters. The number of Topliss-reactive ketones (excluding diaryl/α,β-unsaturated/α-hetero) is 1. The number of aromatic hydroxyl groups is 1. The van der Waals surface area contributed by atoms with Crippen LogP contribution in [0.2, 0.25) is 0 Å². The summed E-state index contributed by atoms with van der Waals surface area (Å²) in [6.45, 7) is 5.00. The van der Waals surface area contributed by atoms with E-state index in [9.17, 15) is 32.7 Å². The molecule has 10 heteroatoms. The maximum atomic E-state index is 12.7. The molecule has 35 heavy (non-hydrogen) atoms. The molecule has 0 bridgehead atoms. The van der Waals surface area contributed by atoms with E-state index in [1.165, 1.54) is 32.4 Å². The Morgan fingerprint density at radius 2 is 1.91 bits per heavy atom. The lowest BCUT2D eigenvalue weighted by molar-refractivity contribution is -0.135. The Kier molecular flexibility index (Phi) is 12.0. The van der Waals surface area contributed by atoms with Crippen molar-refractivity contribution in [1.82, 2.24) is 5.32 Å². The molecule has 1 rings (SSSR count). The Balaban J connectivity index is 2.79. The number of ether oxygens (including phenoxy) is 1. The van der Waals surface area contributed by atoms with Gasteiger partial charge in [0, 0.05) is 24.6 Å². The average Bonchev–Trinajstić information content (AvgIpc) is 2.78. The van der Waals surface area contributed by atoms with Crippen LogP contribution < -0.4 is 10.9 Å². The molecule has 0 aromatic carbocycles. The Labute approximate surface area is 202 Å². The van der Waals surface area contributed by atoms with Crippen LogP contribution >= 0.6 is 0 Å². The molecule has 7 nitrogen and oxygen atoms in total. The summed E-state index contributed by atoms with van der Waals surface area (Å²) in [6.07, 6.45) is 2.53. The van der Waals surface area contributed by atoms with Gasteiger partial charge in [0.15, 0.2) is 5.78 Å². The highest BCUT2D eigenvalue weighted by Gasteiger charge is 2.25. The number of ketones is 1. The molecule has 0 aliphatic heterocycles. The Morgan fingerprint density at radius 3 is 2.51 bits per heavy atom. The van der Waals surface area contributed by atoms with Crippen LogP contribution in [0.15, 0.2) is 50.9 Å². The standard InChI is InChI=1S/C25H32F3NO6/c1-16(9-5-7-13-25(26,27)28)11-12-18(3)22(31)21-19(30)15-20(35-23(21)32)17(2)10-6-8-14-29-24(33)34-4/h8,11-12,14-15,17,30H,5-7,9-10,13H2,1-4H3,(H,29,33)/b14-8+,16-11-,18-12+. The highest BCUT2D eigenvalue weighted by molar-refractivity contribution is 6.09. The van der Waals surface area contributed by atoms with Gasteiger partial charge in [-0.1, -0.05) is 30.7 Å². The van der Waals surface area contributed by atoms with Crippen molar-refractivity contribution in [2.24, 2.45) is 0 Å². The topological polar surface area (TPSA) is 106 Å². The van der Waals surface area contributed by atoms with Gasteiger partial charge >= 0.3 is 17.9 Å². The van der Waals surface area contributed by atoms with Crippen LogP contribution in [-0.4, -0.2) is 30.3 Å². The van der Waals surface area contributed by atoms with Crippen LogP contribution in [0.25, 0.3) is 0 Å². The number of amides is 1. The number of allylic oxidation sites excluding steroid dienone is 5. The van der Waals surface area contributed by atoms with E-state index in [2.05, 4.69) is 10.1 Å². The summed E-state index contributed by atoms with van der Waals surface area (Å²) in [5.41, 5.74) is -0.477. The summed E-state index contributed by atoms with van der Waals surface area (Å²) in [6, 6.07) is 1.24. The van der Waals surface area contributed by atoms with Crippen molar-refractivity contribution in [2.75, 3.05) is 7.11 Å². The van der Waals surface area contributed by atoms with E-state index in [0.29, 0.717) is 25.7 Å². The molecule has 2 N–H and O–H groups in total. The molecule has 0 radical (unpaired) electrons. The summed E-state index contributed by atoms with van der Waals surface area (Å²) in [5.74, 6) is -1.22. The monoisotopic (exact) mass is 499 g/mol. The summed E-state index contributed by atoms with van der Waals surface area (Å²) in [5, 5.41) is 12.7. The van der Waals surface area contributed by atoms with E-state index >= 15 is 0 Å². The molecule has 1 aromatic heterocycles. The highest BCUT2D eigenvalue weighted by atomic mass is 19.4. The fourth-order valence-electron chi connectivity index (χ4n) is 3.06. The maximum Gasteiger partial charge on any atom is 0.410 e. The quantitative estimate of drug-likeness (QED) is 0.151. The fourth-order valence-corrected chi connectivity index (χ4v) is 3.06. The van der Waals surface area contributed by atoms with Crippen molar-refractivity contribution in [1.29, 1.82) is 0 Å². The molecule has 0 saturated heterocycles. The number of methoxy groups -OCH3 is 1. The van der Waals surface area contributed by atoms with Gasteiger partial charge in [-0.2, -0.15) is 13.2 Å². The molecule has 1 unspecified atom stereocenters. The van der Waals surface area contributed by atoms with Crippen molar-refractivity contribution in [3.05, 3.63) is 63.4 Å². The summed E-state index contributed by atoms with van der Waals surface area (Å²) >= 11 is 0. The number of rotatable bonds is 12. The summed E-state index contributed by atoms with van der Waals surface area (Å²) < 4.78 is 46.3. The lowest BCUT2D eigenvalue weighted by atomic mass is 9.99. The molecular formula is C25H32F3NO6. The van der Waals surface area contributed by atoms with Crippen molar-refractivity contribution in [2.45, 2.75) is 71.4 Å². The van der Waals surface area contributed by atoms with Crippen molar-refractivity contribution < 1.29 is 37.0 Å². The molecule has 0 spiro atoms. The van der Waals surface area contributed by atoms with Crippen LogP contribution in [0.3, 0.4) is 0 Å². The van der Waals surface area contributed by atoms with Gasteiger partial charge in [-0.05, 0) is 51.5 Å². The summed E-state index contributed by atoms with van der Waals surface area (Å²) in [4.78, 5) is 36.1. The number of alkyl halides is 3. The third-order valence-electron chi connectivity index (χ3n) is 5.19. The number of halogens is 3. The minimum Gasteiger partial charge on any atom is -0.507 e. The molecule has 0 saturated carbocycles. The minimum absolute atomic E-state index is 0.0245. The largest absolute Gasteiger partial charge is 0.507 e. The van der Waals surface area contributed by atoms with Crippen molar-refractivity contribution in [3.63, 3.8) is 0 Å². The predicted octanol–water partition coefficient (Wildman–Crippen LogP) is 6.30. The van der Waals surface area contributed by atoms with Gasteiger partial charge < -0.3 is 14.3 Å². The lowest BCUT2D eigenvalue weighted by Gasteiger charge is -2.11. The third-order valence-corrected chi connectivity index (χ3v) is 5.19. The highest BCUT2D eigenvalue weighted by Crippen LogP contribution is 2.26. The molecule has 1 amide bonds. The number of alkyl carbamates (subject to hydrolysis) is 1. The maximum absolute atomic E-state index is 12.7. The van der Waals surface area contributed by atoms with E-state index < -0.39 is 41.4 Å². The number of hydrogen-bond donors (Lipinski definition) is 2. The molecule has 0 aliphatic carbocycles. The van der Waals surface area contributed by atoms with Crippen LogP contribution in [0, 0.1) is 0 Å². The van der Waals surface area contributed by atoms with Crippen molar-refractivity contribution in [3.8, 4) is 5.75 Å². The first kappa shape index (κ1) is 29.7. The SMILES string of the molecule is COC(=O)N/C=C/CCC(C)c1cc(O)c(C(=O)/C(C)=C/C=C(/C)CCCCC(F)(F)F)c(=O)o1. The van der Waals surface area contributed by atoms with Gasteiger partial charge in [0.25, 0.3) is 0 Å². The first-order chi connectivity index (χ1) is 16.4. The number of nitrogens with one attached hydrogen (secondary N) is 1. The molecule has 1 aromatic rings. The van der Waals surface area contributed by atoms with E-state index in [4.69, 9.17) is 4.42 Å². The smallest absolute Gasteiger partial charge is 0.410 e. The van der Waals surface area contributed by atoms with Gasteiger partial charge in [-0.15, -0.1) is 0 Å². The van der Waals surface area contributed by atoms with Crippen LogP contribution in [0.5, 0.6) is 5.75 Å². The molecule has 194 valence electrons. The summed E-state index contributed by atoms with van der Waals surface area (Å²) in [7, 11) is 1.25. The van der Waals surface area contributed by atoms with Crippen LogP contribution in [-0.2, 0) is 4.74 Å². The molecule has 1 heterocycles. The normalized spacial score (nSPS) is 13.7. The second-order valence-corrected chi connectivity index (χ2v) is 8.23. The van der Waals surface area contributed by atoms with Crippen LogP contribution in [0.1, 0.15) is 81.3 Å². The van der Waals surface area contributed by atoms with Crippen molar-refractivity contribution >= 4 is 11.9 Å². The number of carbonyl (C=O) groups is 2. The molecule has 0 fully saturated rings. The zero-order chi connectivity index (χ0) is 26.6. The third kappa shape index (κ3) is 11.1. The minimum atomic E-state index is -4.17. The zero-order valence-electron chi connectivity index (χ0n) is 20.3. The van der Waals surface area contributed by atoms with E-state index in [0.717, 1.165) is 5.57 Å². The number of hydrogen-bond acceptors (Lipinski definition) is 6. The van der Waals surface area contributed by atoms with Gasteiger partial charge in [0.1, 0.15) is 17.1 Å². The Hall–Kier alpha value is -3.30. The van der Waals surface area contributed by atoms with Crippen LogP contribution in [0.4, 0.5) is 18.0 Å². The zero-order valence-corrected chi connectivity index (χ0v) is 20.3. The van der Waals surface area contributed by atoms with E-state index in [1.807, 2.05) is 0 Å². The van der Waals surface area contributed by atoms with E-state index in [1.54, 1.807) is 26.0 Å². The Morgan fingerprint density at radius 1 is 1.23 bits per heavy atom. The first-order valence-electron chi connectivity index (χ1n) is 11.2. The molecule has 0 aliphatic rings. The van der Waals surface area contributed by atoms with Gasteiger partial charge in [0.05, 0.1) is 7.11 Å². The second kappa shape index (κ2) is 14.2. The number of unbranched alkanes of at least 4 members (excludes halogenated alkanes) is 1. The van der Waals surface area contributed by atoms with Gasteiger partial charge in [-0.25, -0.2) is 9.59 Å². The Bertz CT molecular complexity index is 1020. The number of carbonyl (C=O) groups excluding carboxylic acids is 2. The van der Waals surface area contributed by atoms with Gasteiger partial charge in [-0.3, -0.25) is 10.1 Å². The lowest BCUT2D eigenvalue weighted by Crippen LogP contribution is -2.16. The molecular weight excluding hydrogens is 467 g/mol. The average molecular weight is 500 g/mol. The second-order valence-electron chi connectivity index (χ2n) is 8.23. The van der Waals surface area contributed by atoms with E-state index in [-0.39, 0.29) is 23.7 Å². The first-order valence-corrected chi connectivity index (χ1v) is 11.2. The fraction of sp³-hybridized carbons (Fsp3) is 0.480. The van der Waals surface area contributed by atoms with Gasteiger partial charge in [0.2, 0.25) is 0 Å². The predicted molar refractivity (Wildman–Crippen MR) is 125 cm³/mol.